The van der Waals surface area contributed by atoms with Crippen LogP contribution in [0, 0.1) is 12.8 Å². The molecular weight excluding hydrogens is 402 g/mol. The Morgan fingerprint density at radius 2 is 2.10 bits per heavy atom. The summed E-state index contributed by atoms with van der Waals surface area (Å²) >= 11 is 1.09. The molecule has 0 bridgehead atoms. The van der Waals surface area contributed by atoms with E-state index in [0.717, 1.165) is 48.4 Å². The first-order valence-electron chi connectivity index (χ1n) is 10.6. The molecule has 0 aliphatic rings. The fourth-order valence-electron chi connectivity index (χ4n) is 3.51. The van der Waals surface area contributed by atoms with Gasteiger partial charge in [0.25, 0.3) is 5.91 Å². The van der Waals surface area contributed by atoms with Gasteiger partial charge in [-0.1, -0.05) is 33.1 Å². The van der Waals surface area contributed by atoms with E-state index in [0.29, 0.717) is 36.9 Å². The van der Waals surface area contributed by atoms with Crippen molar-refractivity contribution in [1.82, 2.24) is 14.9 Å². The molecule has 2 aromatic rings. The van der Waals surface area contributed by atoms with E-state index in [2.05, 4.69) is 24.1 Å². The first-order chi connectivity index (χ1) is 14.4. The number of carboxylic acid groups (broad SMARTS) is 1. The average Bonchev–Trinajstić information content (AvgIpc) is 3.34. The molecule has 30 heavy (non-hydrogen) atoms. The van der Waals surface area contributed by atoms with Gasteiger partial charge in [-0.3, -0.25) is 4.79 Å². The quantitative estimate of drug-likeness (QED) is 0.449. The number of rotatable bonds is 13. The van der Waals surface area contributed by atoms with Gasteiger partial charge in [-0.15, -0.1) is 11.3 Å². The topological polar surface area (TPSA) is 93.5 Å². The molecule has 1 amide bonds. The monoisotopic (exact) mass is 435 g/mol. The van der Waals surface area contributed by atoms with E-state index < -0.39 is 5.97 Å². The van der Waals surface area contributed by atoms with Gasteiger partial charge < -0.3 is 19.7 Å². The van der Waals surface area contributed by atoms with Crippen molar-refractivity contribution in [3.8, 4) is 11.4 Å². The van der Waals surface area contributed by atoms with Crippen LogP contribution in [0.3, 0.4) is 0 Å². The summed E-state index contributed by atoms with van der Waals surface area (Å²) in [6, 6.07) is 1.82. The predicted molar refractivity (Wildman–Crippen MR) is 119 cm³/mol. The zero-order valence-corrected chi connectivity index (χ0v) is 19.2. The Labute approximate surface area is 182 Å². The van der Waals surface area contributed by atoms with Gasteiger partial charge >= 0.3 is 5.97 Å². The van der Waals surface area contributed by atoms with Gasteiger partial charge in [-0.25, -0.2) is 9.78 Å². The third-order valence-electron chi connectivity index (χ3n) is 5.39. The van der Waals surface area contributed by atoms with E-state index in [4.69, 9.17) is 4.74 Å². The van der Waals surface area contributed by atoms with Crippen molar-refractivity contribution in [2.45, 2.75) is 59.4 Å². The maximum Gasteiger partial charge on any atom is 0.365 e. The Kier molecular flexibility index (Phi) is 9.52. The van der Waals surface area contributed by atoms with E-state index in [1.807, 2.05) is 17.6 Å². The molecule has 2 rings (SSSR count). The Morgan fingerprint density at radius 3 is 2.70 bits per heavy atom. The number of aromatic nitrogens is 2. The molecule has 7 nitrogen and oxygen atoms in total. The molecule has 0 aliphatic heterocycles. The highest BCUT2D eigenvalue weighted by atomic mass is 32.1. The van der Waals surface area contributed by atoms with E-state index in [-0.39, 0.29) is 10.9 Å². The fraction of sp³-hybridized carbons (Fsp3) is 0.591. The molecule has 1 atom stereocenters. The van der Waals surface area contributed by atoms with Gasteiger partial charge in [0.15, 0.2) is 0 Å². The first kappa shape index (κ1) is 24.1. The molecule has 1 unspecified atom stereocenters. The molecule has 0 aromatic carbocycles. The normalized spacial score (nSPS) is 12.1. The van der Waals surface area contributed by atoms with E-state index in [1.54, 1.807) is 12.5 Å². The molecule has 0 saturated heterocycles. The van der Waals surface area contributed by atoms with Gasteiger partial charge in [-0.2, -0.15) is 0 Å². The summed E-state index contributed by atoms with van der Waals surface area (Å²) in [6.07, 6.45) is 5.27. The summed E-state index contributed by atoms with van der Waals surface area (Å²) in [7, 11) is 1.66. The molecule has 166 valence electrons. The largest absolute Gasteiger partial charge is 0.476 e. The number of nitrogens with zero attached hydrogens (tertiary/aromatic N) is 2. The Morgan fingerprint density at radius 1 is 1.33 bits per heavy atom. The van der Waals surface area contributed by atoms with Crippen molar-refractivity contribution >= 4 is 23.2 Å². The average molecular weight is 436 g/mol. The van der Waals surface area contributed by atoms with E-state index in [9.17, 15) is 14.7 Å². The molecule has 2 N–H and O–H groups in total. The van der Waals surface area contributed by atoms with Crippen molar-refractivity contribution in [3.63, 3.8) is 0 Å². The van der Waals surface area contributed by atoms with Gasteiger partial charge in [0, 0.05) is 37.9 Å². The minimum absolute atomic E-state index is 0.0417. The predicted octanol–water partition coefficient (Wildman–Crippen LogP) is 4.60. The summed E-state index contributed by atoms with van der Waals surface area (Å²) < 4.78 is 7.20. The summed E-state index contributed by atoms with van der Waals surface area (Å²) in [6.45, 7) is 8.19. The maximum atomic E-state index is 12.9. The Balaban J connectivity index is 2.26. The lowest BCUT2D eigenvalue weighted by atomic mass is 9.99. The van der Waals surface area contributed by atoms with Crippen LogP contribution in [-0.4, -0.2) is 46.8 Å². The van der Waals surface area contributed by atoms with Crippen molar-refractivity contribution in [2.24, 2.45) is 5.92 Å². The number of carboxylic acids is 1. The number of carbonyl (C=O) groups excluding carboxylic acids is 1. The molecular formula is C22H33N3O4S. The fourth-order valence-corrected chi connectivity index (χ4v) is 4.16. The highest BCUT2D eigenvalue weighted by Crippen LogP contribution is 2.28. The van der Waals surface area contributed by atoms with Crippen LogP contribution in [0.1, 0.15) is 71.8 Å². The molecule has 0 radical (unpaired) electrons. The third-order valence-corrected chi connectivity index (χ3v) is 6.22. The molecule has 2 heterocycles. The SMILES string of the molecule is CCCCC(CC)CNC(=O)c1cc(-c2csc(C(=O)O)n2)n(CCCOC)c1C. The smallest absolute Gasteiger partial charge is 0.365 e. The van der Waals surface area contributed by atoms with Crippen LogP contribution < -0.4 is 5.32 Å². The molecule has 0 aliphatic carbocycles. The molecule has 0 saturated carbocycles. The van der Waals surface area contributed by atoms with Crippen molar-refractivity contribution in [1.29, 1.82) is 0 Å². The van der Waals surface area contributed by atoms with Crippen LogP contribution in [0.2, 0.25) is 0 Å². The first-order valence-corrected chi connectivity index (χ1v) is 11.5. The maximum absolute atomic E-state index is 12.9. The number of amides is 1. The number of hydrogen-bond donors (Lipinski definition) is 2. The van der Waals surface area contributed by atoms with Crippen LogP contribution in [0.4, 0.5) is 0 Å². The van der Waals surface area contributed by atoms with Crippen LogP contribution >= 0.6 is 11.3 Å². The Hall–Kier alpha value is -2.19. The number of hydrogen-bond acceptors (Lipinski definition) is 5. The van der Waals surface area contributed by atoms with E-state index in [1.165, 1.54) is 6.42 Å². The van der Waals surface area contributed by atoms with Crippen LogP contribution in [0.15, 0.2) is 11.4 Å². The van der Waals surface area contributed by atoms with Gasteiger partial charge in [0.05, 0.1) is 17.0 Å². The zero-order valence-electron chi connectivity index (χ0n) is 18.4. The minimum Gasteiger partial charge on any atom is -0.476 e. The van der Waals surface area contributed by atoms with Gasteiger partial charge in [-0.05, 0) is 31.7 Å². The third kappa shape index (κ3) is 6.15. The van der Waals surface area contributed by atoms with Crippen molar-refractivity contribution in [2.75, 3.05) is 20.3 Å². The van der Waals surface area contributed by atoms with Crippen LogP contribution in [0.25, 0.3) is 11.4 Å². The lowest BCUT2D eigenvalue weighted by Gasteiger charge is -2.15. The van der Waals surface area contributed by atoms with Crippen LogP contribution in [-0.2, 0) is 11.3 Å². The summed E-state index contributed by atoms with van der Waals surface area (Å²) in [5, 5.41) is 14.1. The number of unbranched alkanes of at least 4 members (excludes halogenated alkanes) is 1. The molecule has 8 heteroatoms. The number of methoxy groups -OCH3 is 1. The second-order valence-electron chi connectivity index (χ2n) is 7.50. The number of thiazole rings is 1. The number of ether oxygens (including phenoxy) is 1. The summed E-state index contributed by atoms with van der Waals surface area (Å²) in [5.74, 6) is -0.659. The molecule has 0 spiro atoms. The lowest BCUT2D eigenvalue weighted by Crippen LogP contribution is -2.29. The molecule has 0 fully saturated rings. The second-order valence-corrected chi connectivity index (χ2v) is 8.35. The highest BCUT2D eigenvalue weighted by molar-refractivity contribution is 7.11. The molecule has 2 aromatic heterocycles. The Bertz CT molecular complexity index is 844. The lowest BCUT2D eigenvalue weighted by molar-refractivity contribution is 0.0696. The number of aromatic carboxylic acids is 1. The summed E-state index contributed by atoms with van der Waals surface area (Å²) in [4.78, 5) is 28.4. The van der Waals surface area contributed by atoms with Crippen LogP contribution in [0.5, 0.6) is 0 Å². The van der Waals surface area contributed by atoms with Crippen molar-refractivity contribution < 1.29 is 19.4 Å². The minimum atomic E-state index is -1.05. The van der Waals surface area contributed by atoms with Crippen molar-refractivity contribution in [3.05, 3.63) is 27.7 Å². The standard InChI is InChI=1S/C22H33N3O4S/c1-5-7-9-16(6-2)13-23-20(26)17-12-19(18-14-30-21(24-18)22(27)28)25(15(17)3)10-8-11-29-4/h12,14,16H,5-11,13H2,1-4H3,(H,23,26)(H,27,28). The zero-order chi connectivity index (χ0) is 22.1. The second kappa shape index (κ2) is 11.9. The van der Waals surface area contributed by atoms with Gasteiger partial charge in [0.2, 0.25) is 5.01 Å². The number of nitrogens with one attached hydrogen (secondary N) is 1. The highest BCUT2D eigenvalue weighted by Gasteiger charge is 2.21. The summed E-state index contributed by atoms with van der Waals surface area (Å²) in [5.41, 5.74) is 2.80. The van der Waals surface area contributed by atoms with Gasteiger partial charge in [0.1, 0.15) is 0 Å². The number of carbonyl (C=O) groups is 2. The van der Waals surface area contributed by atoms with E-state index >= 15 is 0 Å².